The number of aliphatic carboxylic acids is 1. The zero-order valence-electron chi connectivity index (χ0n) is 20.1. The second kappa shape index (κ2) is 9.84. The number of thioether (sulfide) groups is 1. The molecule has 3 atom stereocenters. The van der Waals surface area contributed by atoms with Crippen LogP contribution in [0.25, 0.3) is 0 Å². The van der Waals surface area contributed by atoms with Crippen molar-refractivity contribution < 1.29 is 35.8 Å². The number of carboxylic acid groups (broad SMARTS) is 1. The standard InChI is InChI=1S/C21H32N2O8S3/c1-12-17(20(5,14(3)22-12)8-7-10-33(26,27)28)16(19(24)25)18-13(2)23-15(4)21(18,6)32-9-11-34(29,30)31/h12H,7-11H2,1-6H3,(H,24,25)(H,26,27,28)(H,29,30,31). The summed E-state index contributed by atoms with van der Waals surface area (Å²) in [7, 11) is -8.37. The van der Waals surface area contributed by atoms with Gasteiger partial charge in [-0.3, -0.25) is 19.1 Å². The first kappa shape index (κ1) is 28.7. The second-order valence-electron chi connectivity index (χ2n) is 9.03. The van der Waals surface area contributed by atoms with Crippen LogP contribution in [-0.4, -0.2) is 76.5 Å². The van der Waals surface area contributed by atoms with Gasteiger partial charge in [-0.1, -0.05) is 6.92 Å². The summed E-state index contributed by atoms with van der Waals surface area (Å²) < 4.78 is 62.3. The average molecular weight is 537 g/mol. The van der Waals surface area contributed by atoms with E-state index in [4.69, 9.17) is 9.11 Å². The highest BCUT2D eigenvalue weighted by Crippen LogP contribution is 2.51. The Bertz CT molecular complexity index is 1210. The molecule has 0 saturated heterocycles. The van der Waals surface area contributed by atoms with E-state index in [-0.39, 0.29) is 24.2 Å². The fraction of sp³-hybridized carbons (Fsp3) is 0.667. The number of aliphatic imine (C=N–C) groups is 2. The number of hydrogen-bond acceptors (Lipinski definition) is 8. The molecule has 2 rings (SSSR count). The fourth-order valence-corrected chi connectivity index (χ4v) is 7.55. The van der Waals surface area contributed by atoms with Crippen molar-refractivity contribution in [2.45, 2.75) is 65.2 Å². The highest BCUT2D eigenvalue weighted by Gasteiger charge is 2.48. The van der Waals surface area contributed by atoms with Crippen molar-refractivity contribution in [2.75, 3.05) is 17.3 Å². The Morgan fingerprint density at radius 3 is 2.09 bits per heavy atom. The average Bonchev–Trinajstić information content (AvgIpc) is 2.98. The zero-order chi connectivity index (χ0) is 26.3. The molecule has 13 heteroatoms. The molecule has 0 bridgehead atoms. The molecule has 34 heavy (non-hydrogen) atoms. The van der Waals surface area contributed by atoms with E-state index in [2.05, 4.69) is 9.98 Å². The minimum absolute atomic E-state index is 0.0257. The molecule has 2 aliphatic heterocycles. The van der Waals surface area contributed by atoms with E-state index in [9.17, 15) is 26.7 Å². The molecule has 10 nitrogen and oxygen atoms in total. The fourth-order valence-electron chi connectivity index (χ4n) is 4.81. The van der Waals surface area contributed by atoms with Crippen LogP contribution >= 0.6 is 11.8 Å². The van der Waals surface area contributed by atoms with E-state index in [1.807, 2.05) is 6.92 Å². The van der Waals surface area contributed by atoms with Gasteiger partial charge in [0.15, 0.2) is 0 Å². The van der Waals surface area contributed by atoms with Gasteiger partial charge in [-0.25, -0.2) is 4.79 Å². The van der Waals surface area contributed by atoms with Crippen LogP contribution in [0.1, 0.15) is 54.4 Å². The van der Waals surface area contributed by atoms with Crippen LogP contribution in [0.4, 0.5) is 0 Å². The summed E-state index contributed by atoms with van der Waals surface area (Å²) in [6.07, 6.45) is 0.372. The largest absolute Gasteiger partial charge is 0.478 e. The lowest BCUT2D eigenvalue weighted by molar-refractivity contribution is -0.132. The molecule has 0 aromatic rings. The Kier molecular flexibility index (Phi) is 8.31. The van der Waals surface area contributed by atoms with Crippen molar-refractivity contribution >= 4 is 49.4 Å². The number of carboxylic acids is 1. The molecule has 3 unspecified atom stereocenters. The molecule has 2 aliphatic rings. The molecule has 2 heterocycles. The van der Waals surface area contributed by atoms with Gasteiger partial charge in [0.25, 0.3) is 20.2 Å². The highest BCUT2D eigenvalue weighted by molar-refractivity contribution is 8.02. The number of allylic oxidation sites excluding steroid dienone is 1. The Morgan fingerprint density at radius 2 is 1.59 bits per heavy atom. The Morgan fingerprint density at radius 1 is 1.03 bits per heavy atom. The van der Waals surface area contributed by atoms with E-state index >= 15 is 0 Å². The summed E-state index contributed by atoms with van der Waals surface area (Å²) in [5, 5.41) is 10.4. The lowest BCUT2D eigenvalue weighted by Gasteiger charge is -2.34. The maximum absolute atomic E-state index is 12.7. The maximum atomic E-state index is 12.7. The van der Waals surface area contributed by atoms with Crippen LogP contribution in [0.2, 0.25) is 0 Å². The summed E-state index contributed by atoms with van der Waals surface area (Å²) in [5.41, 5.74) is 1.89. The van der Waals surface area contributed by atoms with E-state index in [1.54, 1.807) is 34.6 Å². The minimum Gasteiger partial charge on any atom is -0.478 e. The molecular formula is C21H32N2O8S3. The molecule has 0 aliphatic carbocycles. The Balaban J connectivity index is 2.63. The SMILES string of the molecule is CC1=NC(C)C(=C(C(=O)O)C2=C(C)N=C(C)C2(C)SCCS(=O)(=O)O)C1(C)CCCS(=O)(=O)O. The Hall–Kier alpha value is -1.54. The van der Waals surface area contributed by atoms with Crippen LogP contribution in [0.5, 0.6) is 0 Å². The van der Waals surface area contributed by atoms with Gasteiger partial charge < -0.3 is 5.11 Å². The molecule has 0 aromatic carbocycles. The van der Waals surface area contributed by atoms with Crippen molar-refractivity contribution in [3.05, 3.63) is 22.4 Å². The molecule has 0 spiro atoms. The van der Waals surface area contributed by atoms with Gasteiger partial charge in [0.05, 0.1) is 27.9 Å². The predicted molar refractivity (Wildman–Crippen MR) is 134 cm³/mol. The summed E-state index contributed by atoms with van der Waals surface area (Å²) in [6.45, 7) is 10.6. The number of carbonyl (C=O) groups is 1. The molecule has 0 fully saturated rings. The topological polar surface area (TPSA) is 171 Å². The van der Waals surface area contributed by atoms with Gasteiger partial charge in [0.2, 0.25) is 0 Å². The van der Waals surface area contributed by atoms with Gasteiger partial charge in [-0.2, -0.15) is 16.8 Å². The molecule has 0 saturated carbocycles. The molecule has 3 N–H and O–H groups in total. The van der Waals surface area contributed by atoms with Gasteiger partial charge in [-0.15, -0.1) is 11.8 Å². The van der Waals surface area contributed by atoms with Crippen LogP contribution in [0.15, 0.2) is 32.4 Å². The third kappa shape index (κ3) is 5.99. The highest BCUT2D eigenvalue weighted by atomic mass is 32.2. The van der Waals surface area contributed by atoms with Crippen LogP contribution in [0.3, 0.4) is 0 Å². The molecule has 192 valence electrons. The van der Waals surface area contributed by atoms with Gasteiger partial charge in [0, 0.05) is 33.9 Å². The Labute approximate surface area is 205 Å². The quantitative estimate of drug-likeness (QED) is 0.280. The maximum Gasteiger partial charge on any atom is 0.336 e. The zero-order valence-corrected chi connectivity index (χ0v) is 22.6. The van der Waals surface area contributed by atoms with Crippen molar-refractivity contribution in [1.29, 1.82) is 0 Å². The predicted octanol–water partition coefficient (Wildman–Crippen LogP) is 3.03. The van der Waals surface area contributed by atoms with Crippen molar-refractivity contribution in [1.82, 2.24) is 0 Å². The molecule has 0 radical (unpaired) electrons. The monoisotopic (exact) mass is 536 g/mol. The van der Waals surface area contributed by atoms with Crippen LogP contribution in [-0.2, 0) is 25.0 Å². The lowest BCUT2D eigenvalue weighted by Crippen LogP contribution is -2.36. The number of nitrogens with zero attached hydrogens (tertiary/aromatic N) is 2. The van der Waals surface area contributed by atoms with Crippen molar-refractivity contribution in [2.24, 2.45) is 15.4 Å². The second-order valence-corrected chi connectivity index (χ2v) is 13.7. The number of hydrogen-bond donors (Lipinski definition) is 3. The third-order valence-corrected chi connectivity index (χ3v) is 9.88. The smallest absolute Gasteiger partial charge is 0.336 e. The molecule has 0 aromatic heterocycles. The number of rotatable bonds is 10. The van der Waals surface area contributed by atoms with Crippen LogP contribution in [0, 0.1) is 5.41 Å². The van der Waals surface area contributed by atoms with Gasteiger partial charge in [0.1, 0.15) is 0 Å². The van der Waals surface area contributed by atoms with Gasteiger partial charge >= 0.3 is 5.97 Å². The molecule has 0 amide bonds. The van der Waals surface area contributed by atoms with E-state index < -0.39 is 53.9 Å². The van der Waals surface area contributed by atoms with E-state index in [0.29, 0.717) is 28.3 Å². The summed E-state index contributed by atoms with van der Waals surface area (Å²) in [6, 6.07) is -0.491. The normalized spacial score (nSPS) is 29.4. The van der Waals surface area contributed by atoms with E-state index in [0.717, 1.165) is 0 Å². The summed E-state index contributed by atoms with van der Waals surface area (Å²) in [4.78, 5) is 21.9. The molecular weight excluding hydrogens is 504 g/mol. The van der Waals surface area contributed by atoms with Crippen LogP contribution < -0.4 is 0 Å². The summed E-state index contributed by atoms with van der Waals surface area (Å²) >= 11 is 1.19. The first-order chi connectivity index (χ1) is 15.3. The van der Waals surface area contributed by atoms with Crippen molar-refractivity contribution in [3.8, 4) is 0 Å². The van der Waals surface area contributed by atoms with Gasteiger partial charge in [-0.05, 0) is 53.0 Å². The lowest BCUT2D eigenvalue weighted by atomic mass is 9.71. The van der Waals surface area contributed by atoms with E-state index in [1.165, 1.54) is 11.8 Å². The first-order valence-corrected chi connectivity index (χ1v) is 14.9. The van der Waals surface area contributed by atoms with Crippen molar-refractivity contribution in [3.63, 3.8) is 0 Å². The minimum atomic E-state index is -4.19. The third-order valence-electron chi connectivity index (χ3n) is 6.61. The first-order valence-electron chi connectivity index (χ1n) is 10.7. The summed E-state index contributed by atoms with van der Waals surface area (Å²) in [5.74, 6) is -2.10.